The van der Waals surface area contributed by atoms with Crippen LogP contribution in [0.3, 0.4) is 0 Å². The highest BCUT2D eigenvalue weighted by Crippen LogP contribution is 2.21. The molecule has 0 saturated heterocycles. The van der Waals surface area contributed by atoms with Crippen molar-refractivity contribution in [3.63, 3.8) is 0 Å². The summed E-state index contributed by atoms with van der Waals surface area (Å²) in [6, 6.07) is 24.1. The first-order valence-corrected chi connectivity index (χ1v) is 9.37. The van der Waals surface area contributed by atoms with Crippen molar-refractivity contribution in [1.82, 2.24) is 5.32 Å². The van der Waals surface area contributed by atoms with Crippen molar-refractivity contribution < 1.29 is 19.1 Å². The van der Waals surface area contributed by atoms with Crippen LogP contribution in [0.15, 0.2) is 84.9 Å². The molecule has 0 fully saturated rings. The van der Waals surface area contributed by atoms with Crippen LogP contribution in [0.2, 0.25) is 0 Å². The van der Waals surface area contributed by atoms with Gasteiger partial charge in [-0.3, -0.25) is 9.59 Å². The molecule has 0 spiro atoms. The lowest BCUT2D eigenvalue weighted by molar-refractivity contribution is -0.120. The maximum atomic E-state index is 12.0. The average Bonchev–Trinajstić information content (AvgIpc) is 2.77. The molecule has 2 amide bonds. The normalized spacial score (nSPS) is 10.5. The summed E-state index contributed by atoms with van der Waals surface area (Å²) in [6.07, 6.45) is 3.16. The molecule has 0 aliphatic rings. The highest BCUT2D eigenvalue weighted by atomic mass is 16.5. The maximum Gasteiger partial charge on any atom is 0.255 e. The topological polar surface area (TPSA) is 90.7 Å². The molecule has 3 aromatic carbocycles. The van der Waals surface area contributed by atoms with Crippen molar-refractivity contribution >= 4 is 17.9 Å². The van der Waals surface area contributed by atoms with Gasteiger partial charge in [0.05, 0.1) is 0 Å². The molecule has 30 heavy (non-hydrogen) atoms. The Morgan fingerprint density at radius 3 is 2.13 bits per heavy atom. The summed E-state index contributed by atoms with van der Waals surface area (Å²) in [6.45, 7) is 0.242. The van der Waals surface area contributed by atoms with E-state index in [2.05, 4.69) is 5.32 Å². The summed E-state index contributed by atoms with van der Waals surface area (Å²) in [5, 5.41) is 2.84. The summed E-state index contributed by atoms with van der Waals surface area (Å²) in [7, 11) is 0. The Morgan fingerprint density at radius 1 is 0.833 bits per heavy atom. The molecular weight excluding hydrogens is 380 g/mol. The molecular formula is C24H22N2O4. The predicted molar refractivity (Wildman–Crippen MR) is 115 cm³/mol. The van der Waals surface area contributed by atoms with E-state index >= 15 is 0 Å². The molecule has 0 atom stereocenters. The summed E-state index contributed by atoms with van der Waals surface area (Å²) in [4.78, 5) is 22.8. The fraction of sp³-hybridized carbons (Fsp3) is 0.0833. The van der Waals surface area contributed by atoms with Crippen molar-refractivity contribution in [1.29, 1.82) is 0 Å². The molecule has 6 nitrogen and oxygen atoms in total. The number of primary amides is 1. The zero-order valence-electron chi connectivity index (χ0n) is 16.3. The van der Waals surface area contributed by atoms with Crippen LogP contribution in [0.4, 0.5) is 0 Å². The average molecular weight is 402 g/mol. The molecule has 0 unspecified atom stereocenters. The Bertz CT molecular complexity index is 998. The standard InChI is InChI=1S/C24H22N2O4/c25-23(27)17-29-20-11-6-18(7-12-20)10-15-24(28)26-16-19-8-13-22(14-9-19)30-21-4-2-1-3-5-21/h1-15H,16-17H2,(H2,25,27)(H,26,28). The van der Waals surface area contributed by atoms with E-state index in [-0.39, 0.29) is 12.5 Å². The fourth-order valence-corrected chi connectivity index (χ4v) is 2.55. The summed E-state index contributed by atoms with van der Waals surface area (Å²) >= 11 is 0. The van der Waals surface area contributed by atoms with Crippen LogP contribution in [0.1, 0.15) is 11.1 Å². The number of carbonyl (C=O) groups excluding carboxylic acids is 2. The van der Waals surface area contributed by atoms with Gasteiger partial charge in [0.15, 0.2) is 6.61 Å². The minimum Gasteiger partial charge on any atom is -0.484 e. The third kappa shape index (κ3) is 6.83. The van der Waals surface area contributed by atoms with E-state index in [4.69, 9.17) is 15.2 Å². The molecule has 0 heterocycles. The molecule has 0 bridgehead atoms. The van der Waals surface area contributed by atoms with E-state index in [1.54, 1.807) is 30.3 Å². The maximum absolute atomic E-state index is 12.0. The molecule has 0 saturated carbocycles. The Hall–Kier alpha value is -4.06. The number of para-hydroxylation sites is 1. The summed E-state index contributed by atoms with van der Waals surface area (Å²) in [5.74, 6) is 1.31. The van der Waals surface area contributed by atoms with Crippen molar-refractivity contribution in [2.45, 2.75) is 6.54 Å². The van der Waals surface area contributed by atoms with Gasteiger partial charge in [-0.15, -0.1) is 0 Å². The van der Waals surface area contributed by atoms with Gasteiger partial charge in [-0.2, -0.15) is 0 Å². The van der Waals surface area contributed by atoms with Crippen LogP contribution in [-0.4, -0.2) is 18.4 Å². The SMILES string of the molecule is NC(=O)COc1ccc(C=CC(=O)NCc2ccc(Oc3ccccc3)cc2)cc1. The molecule has 0 aliphatic carbocycles. The summed E-state index contributed by atoms with van der Waals surface area (Å²) < 4.78 is 10.9. The predicted octanol–water partition coefficient (Wildman–Crippen LogP) is 3.67. The number of nitrogens with one attached hydrogen (secondary N) is 1. The number of amides is 2. The number of nitrogens with two attached hydrogens (primary N) is 1. The Labute approximate surface area is 174 Å². The van der Waals surface area contributed by atoms with Gasteiger partial charge in [-0.05, 0) is 53.6 Å². The van der Waals surface area contributed by atoms with Gasteiger partial charge in [0, 0.05) is 12.6 Å². The second-order valence-electron chi connectivity index (χ2n) is 6.43. The lowest BCUT2D eigenvalue weighted by atomic mass is 10.2. The molecule has 3 N–H and O–H groups in total. The molecule has 6 heteroatoms. The number of hydrogen-bond donors (Lipinski definition) is 2. The van der Waals surface area contributed by atoms with E-state index < -0.39 is 5.91 Å². The second kappa shape index (κ2) is 10.5. The van der Waals surface area contributed by atoms with Gasteiger partial charge < -0.3 is 20.5 Å². The number of rotatable bonds is 9. The van der Waals surface area contributed by atoms with Crippen molar-refractivity contribution in [3.8, 4) is 17.2 Å². The molecule has 0 radical (unpaired) electrons. The van der Waals surface area contributed by atoms with Crippen molar-refractivity contribution in [2.75, 3.05) is 6.61 Å². The first-order chi connectivity index (χ1) is 14.6. The third-order valence-corrected chi connectivity index (χ3v) is 4.06. The smallest absolute Gasteiger partial charge is 0.255 e. The first-order valence-electron chi connectivity index (χ1n) is 9.37. The van der Waals surface area contributed by atoms with Gasteiger partial charge in [0.1, 0.15) is 17.2 Å². The minimum absolute atomic E-state index is 0.170. The van der Waals surface area contributed by atoms with Crippen molar-refractivity contribution in [3.05, 3.63) is 96.1 Å². The van der Waals surface area contributed by atoms with E-state index in [0.29, 0.717) is 12.3 Å². The van der Waals surface area contributed by atoms with E-state index in [9.17, 15) is 9.59 Å². The number of carbonyl (C=O) groups is 2. The van der Waals surface area contributed by atoms with Crippen LogP contribution in [0, 0.1) is 0 Å². The van der Waals surface area contributed by atoms with Crippen LogP contribution >= 0.6 is 0 Å². The van der Waals surface area contributed by atoms with E-state index in [1.807, 2.05) is 54.6 Å². The molecule has 3 aromatic rings. The number of benzene rings is 3. The molecule has 152 valence electrons. The van der Waals surface area contributed by atoms with Crippen LogP contribution in [0.5, 0.6) is 17.2 Å². The first kappa shape index (κ1) is 20.7. The second-order valence-corrected chi connectivity index (χ2v) is 6.43. The quantitative estimate of drug-likeness (QED) is 0.534. The van der Waals surface area contributed by atoms with Crippen molar-refractivity contribution in [2.24, 2.45) is 5.73 Å². The summed E-state index contributed by atoms with van der Waals surface area (Å²) in [5.41, 5.74) is 6.83. The van der Waals surface area contributed by atoms with Crippen LogP contribution < -0.4 is 20.5 Å². The lowest BCUT2D eigenvalue weighted by Crippen LogP contribution is -2.20. The molecule has 0 aliphatic heterocycles. The van der Waals surface area contributed by atoms with Gasteiger partial charge in [0.25, 0.3) is 5.91 Å². The Morgan fingerprint density at radius 2 is 1.47 bits per heavy atom. The van der Waals surface area contributed by atoms with Gasteiger partial charge in [-0.1, -0.05) is 42.5 Å². The highest BCUT2D eigenvalue weighted by molar-refractivity contribution is 5.91. The number of ether oxygens (including phenoxy) is 2. The van der Waals surface area contributed by atoms with Gasteiger partial charge in [0.2, 0.25) is 5.91 Å². The minimum atomic E-state index is -0.533. The third-order valence-electron chi connectivity index (χ3n) is 4.06. The molecule has 0 aromatic heterocycles. The fourth-order valence-electron chi connectivity index (χ4n) is 2.55. The Balaban J connectivity index is 1.45. The zero-order chi connectivity index (χ0) is 21.2. The lowest BCUT2D eigenvalue weighted by Gasteiger charge is -2.07. The van der Waals surface area contributed by atoms with Gasteiger partial charge in [-0.25, -0.2) is 0 Å². The highest BCUT2D eigenvalue weighted by Gasteiger charge is 2.01. The molecule has 3 rings (SSSR count). The Kier molecular flexibility index (Phi) is 7.22. The monoisotopic (exact) mass is 402 g/mol. The van der Waals surface area contributed by atoms with E-state index in [0.717, 1.165) is 22.6 Å². The van der Waals surface area contributed by atoms with Crippen LogP contribution in [-0.2, 0) is 16.1 Å². The van der Waals surface area contributed by atoms with Crippen LogP contribution in [0.25, 0.3) is 6.08 Å². The number of hydrogen-bond acceptors (Lipinski definition) is 4. The largest absolute Gasteiger partial charge is 0.484 e. The van der Waals surface area contributed by atoms with E-state index in [1.165, 1.54) is 6.08 Å². The van der Waals surface area contributed by atoms with Gasteiger partial charge >= 0.3 is 0 Å². The zero-order valence-corrected chi connectivity index (χ0v) is 16.3.